The second kappa shape index (κ2) is 3.46. The van der Waals surface area contributed by atoms with E-state index in [0.29, 0.717) is 25.9 Å². The Kier molecular flexibility index (Phi) is 2.43. The second-order valence-corrected chi connectivity index (χ2v) is 5.00. The zero-order chi connectivity index (χ0) is 10.2. The van der Waals surface area contributed by atoms with Crippen molar-refractivity contribution in [3.63, 3.8) is 0 Å². The molecule has 0 radical (unpaired) electrons. The van der Waals surface area contributed by atoms with Gasteiger partial charge in [-0.05, 0) is 19.3 Å². The minimum atomic E-state index is -0.863. The molecule has 2 aliphatic rings. The predicted octanol–water partition coefficient (Wildman–Crippen LogP) is 1.41. The highest BCUT2D eigenvalue weighted by atomic mass is 32.2. The number of hydrogen-bond acceptors (Lipinski definition) is 3. The van der Waals surface area contributed by atoms with Gasteiger partial charge in [0.05, 0.1) is 0 Å². The SMILES string of the molecule is O=C(O)N1CCC2(CCSC2=O)CC1. The fourth-order valence-corrected chi connectivity index (χ4v) is 3.46. The van der Waals surface area contributed by atoms with Crippen LogP contribution in [0.15, 0.2) is 0 Å². The highest BCUT2D eigenvalue weighted by Gasteiger charge is 2.45. The average Bonchev–Trinajstić information content (AvgIpc) is 2.49. The first-order valence-corrected chi connectivity index (χ1v) is 5.78. The molecule has 2 saturated heterocycles. The molecule has 0 atom stereocenters. The largest absolute Gasteiger partial charge is 0.465 e. The van der Waals surface area contributed by atoms with Gasteiger partial charge in [-0.2, -0.15) is 0 Å². The quantitative estimate of drug-likeness (QED) is 0.663. The lowest BCUT2D eigenvalue weighted by molar-refractivity contribution is -0.121. The summed E-state index contributed by atoms with van der Waals surface area (Å²) in [6, 6.07) is 0. The van der Waals surface area contributed by atoms with Crippen LogP contribution in [0.1, 0.15) is 19.3 Å². The van der Waals surface area contributed by atoms with Crippen LogP contribution < -0.4 is 0 Å². The Labute approximate surface area is 86.6 Å². The molecule has 0 unspecified atom stereocenters. The summed E-state index contributed by atoms with van der Waals surface area (Å²) in [5.41, 5.74) is -0.184. The van der Waals surface area contributed by atoms with Crippen molar-refractivity contribution in [3.05, 3.63) is 0 Å². The van der Waals surface area contributed by atoms with Crippen LogP contribution in [-0.4, -0.2) is 40.1 Å². The maximum Gasteiger partial charge on any atom is 0.407 e. The van der Waals surface area contributed by atoms with Crippen molar-refractivity contribution >= 4 is 23.0 Å². The van der Waals surface area contributed by atoms with Gasteiger partial charge in [0.15, 0.2) is 5.12 Å². The molecule has 0 aliphatic carbocycles. The third kappa shape index (κ3) is 1.49. The van der Waals surface area contributed by atoms with Gasteiger partial charge < -0.3 is 10.0 Å². The molecule has 2 aliphatic heterocycles. The van der Waals surface area contributed by atoms with Crippen LogP contribution in [0.25, 0.3) is 0 Å². The number of amides is 1. The summed E-state index contributed by atoms with van der Waals surface area (Å²) in [5, 5.41) is 9.05. The van der Waals surface area contributed by atoms with Crippen molar-refractivity contribution in [1.82, 2.24) is 4.90 Å². The summed E-state index contributed by atoms with van der Waals surface area (Å²) >= 11 is 1.41. The van der Waals surface area contributed by atoms with Crippen molar-refractivity contribution in [2.75, 3.05) is 18.8 Å². The Morgan fingerprint density at radius 1 is 1.36 bits per heavy atom. The van der Waals surface area contributed by atoms with Crippen molar-refractivity contribution in [2.45, 2.75) is 19.3 Å². The molecule has 0 bridgehead atoms. The summed E-state index contributed by atoms with van der Waals surface area (Å²) in [6.45, 7) is 1.03. The molecular weight excluding hydrogens is 202 g/mol. The Balaban J connectivity index is 2.01. The van der Waals surface area contributed by atoms with E-state index in [1.807, 2.05) is 0 Å². The van der Waals surface area contributed by atoms with Crippen LogP contribution in [0.4, 0.5) is 4.79 Å². The molecule has 0 aromatic carbocycles. The lowest BCUT2D eigenvalue weighted by atomic mass is 9.78. The van der Waals surface area contributed by atoms with E-state index in [2.05, 4.69) is 0 Å². The van der Waals surface area contributed by atoms with Gasteiger partial charge in [-0.1, -0.05) is 11.8 Å². The number of carbonyl (C=O) groups excluding carboxylic acids is 1. The predicted molar refractivity (Wildman–Crippen MR) is 53.3 cm³/mol. The number of likely N-dealkylation sites (tertiary alicyclic amines) is 1. The summed E-state index contributed by atoms with van der Waals surface area (Å²) in [7, 11) is 0. The van der Waals surface area contributed by atoms with Gasteiger partial charge in [0.1, 0.15) is 0 Å². The van der Waals surface area contributed by atoms with Crippen molar-refractivity contribution in [3.8, 4) is 0 Å². The lowest BCUT2D eigenvalue weighted by Gasteiger charge is -2.36. The minimum Gasteiger partial charge on any atom is -0.465 e. The first-order valence-electron chi connectivity index (χ1n) is 4.79. The van der Waals surface area contributed by atoms with Crippen LogP contribution >= 0.6 is 11.8 Å². The van der Waals surface area contributed by atoms with E-state index in [-0.39, 0.29) is 10.5 Å². The normalized spacial score (nSPS) is 25.7. The highest BCUT2D eigenvalue weighted by molar-refractivity contribution is 8.14. The van der Waals surface area contributed by atoms with E-state index in [0.717, 1.165) is 12.2 Å². The van der Waals surface area contributed by atoms with Crippen molar-refractivity contribution in [2.24, 2.45) is 5.41 Å². The van der Waals surface area contributed by atoms with Gasteiger partial charge in [0, 0.05) is 24.3 Å². The van der Waals surface area contributed by atoms with Crippen molar-refractivity contribution < 1.29 is 14.7 Å². The molecule has 0 aromatic heterocycles. The van der Waals surface area contributed by atoms with E-state index in [1.54, 1.807) is 0 Å². The van der Waals surface area contributed by atoms with E-state index in [1.165, 1.54) is 16.7 Å². The summed E-state index contributed by atoms with van der Waals surface area (Å²) < 4.78 is 0. The number of nitrogens with zero attached hydrogens (tertiary/aromatic N) is 1. The van der Waals surface area contributed by atoms with Gasteiger partial charge >= 0.3 is 6.09 Å². The third-order valence-corrected chi connectivity index (χ3v) is 4.34. The number of carbonyl (C=O) groups is 2. The molecule has 0 saturated carbocycles. The smallest absolute Gasteiger partial charge is 0.407 e. The Morgan fingerprint density at radius 2 is 2.00 bits per heavy atom. The third-order valence-electron chi connectivity index (χ3n) is 3.24. The first kappa shape index (κ1) is 9.83. The molecule has 14 heavy (non-hydrogen) atoms. The molecular formula is C9H13NO3S. The topological polar surface area (TPSA) is 57.6 Å². The lowest BCUT2D eigenvalue weighted by Crippen LogP contribution is -2.44. The van der Waals surface area contributed by atoms with E-state index >= 15 is 0 Å². The minimum absolute atomic E-state index is 0.184. The Hall–Kier alpha value is -0.710. The standard InChI is InChI=1S/C9H13NO3S/c11-7-9(3-6-14-7)1-4-10(5-2-9)8(12)13/h1-6H2,(H,12,13). The van der Waals surface area contributed by atoms with Gasteiger partial charge in [-0.15, -0.1) is 0 Å². The summed E-state index contributed by atoms with van der Waals surface area (Å²) in [6.07, 6.45) is 1.50. The van der Waals surface area contributed by atoms with Gasteiger partial charge in [-0.25, -0.2) is 4.79 Å². The summed E-state index contributed by atoms with van der Waals surface area (Å²) in [4.78, 5) is 23.7. The van der Waals surface area contributed by atoms with Gasteiger partial charge in [-0.3, -0.25) is 4.79 Å². The number of carboxylic acid groups (broad SMARTS) is 1. The molecule has 2 heterocycles. The molecule has 1 amide bonds. The van der Waals surface area contributed by atoms with Crippen molar-refractivity contribution in [1.29, 1.82) is 0 Å². The molecule has 78 valence electrons. The average molecular weight is 215 g/mol. The molecule has 4 nitrogen and oxygen atoms in total. The maximum absolute atomic E-state index is 11.6. The number of rotatable bonds is 0. The second-order valence-electron chi connectivity index (χ2n) is 3.94. The monoisotopic (exact) mass is 215 g/mol. The summed E-state index contributed by atoms with van der Waals surface area (Å²) in [5.74, 6) is 0.909. The van der Waals surface area contributed by atoms with E-state index in [4.69, 9.17) is 5.11 Å². The maximum atomic E-state index is 11.6. The zero-order valence-electron chi connectivity index (χ0n) is 7.86. The van der Waals surface area contributed by atoms with Crippen LogP contribution in [0.5, 0.6) is 0 Å². The molecule has 1 spiro atoms. The van der Waals surface area contributed by atoms with Crippen LogP contribution in [0.3, 0.4) is 0 Å². The first-order chi connectivity index (χ1) is 6.64. The highest BCUT2D eigenvalue weighted by Crippen LogP contribution is 2.45. The van der Waals surface area contributed by atoms with E-state index in [9.17, 15) is 9.59 Å². The van der Waals surface area contributed by atoms with Crippen LogP contribution in [0.2, 0.25) is 0 Å². The Morgan fingerprint density at radius 3 is 2.43 bits per heavy atom. The molecule has 2 rings (SSSR count). The number of hydrogen-bond donors (Lipinski definition) is 1. The molecule has 2 fully saturated rings. The number of piperidine rings is 1. The van der Waals surface area contributed by atoms with Gasteiger partial charge in [0.2, 0.25) is 0 Å². The van der Waals surface area contributed by atoms with Gasteiger partial charge in [0.25, 0.3) is 0 Å². The van der Waals surface area contributed by atoms with Crippen LogP contribution in [0, 0.1) is 5.41 Å². The fourth-order valence-electron chi connectivity index (χ4n) is 2.17. The fraction of sp³-hybridized carbons (Fsp3) is 0.778. The molecule has 5 heteroatoms. The van der Waals surface area contributed by atoms with Crippen LogP contribution in [-0.2, 0) is 4.79 Å². The van der Waals surface area contributed by atoms with E-state index < -0.39 is 6.09 Å². The molecule has 0 aromatic rings. The zero-order valence-corrected chi connectivity index (χ0v) is 8.68. The molecule has 1 N–H and O–H groups in total. The number of thioether (sulfide) groups is 1. The Bertz CT molecular complexity index is 271.